The van der Waals surface area contributed by atoms with E-state index in [2.05, 4.69) is 395 Å². The second kappa shape index (κ2) is 23.4. The molecule has 0 saturated carbocycles. The summed E-state index contributed by atoms with van der Waals surface area (Å²) in [6, 6.07) is 138. The van der Waals surface area contributed by atoms with E-state index in [-0.39, 0.29) is 0 Å². The third-order valence-electron chi connectivity index (χ3n) is 30.4. The largest absolute Gasteiger partial charge is 0.331 e. The molecule has 0 amide bonds. The number of benzene rings is 22. The van der Waals surface area contributed by atoms with E-state index in [1.54, 1.807) is 0 Å². The smallest absolute Gasteiger partial charge is 0.0716 e. The minimum Gasteiger partial charge on any atom is -0.331 e. The summed E-state index contributed by atoms with van der Waals surface area (Å²) in [7, 11) is 0. The minimum absolute atomic E-state index is 0.401. The lowest BCUT2D eigenvalue weighted by molar-refractivity contribution is 0.608. The van der Waals surface area contributed by atoms with Gasteiger partial charge in [0.05, 0.1) is 60.9 Å². The van der Waals surface area contributed by atoms with Gasteiger partial charge >= 0.3 is 0 Å². The first-order valence-corrected chi connectivity index (χ1v) is 46.0. The first-order chi connectivity index (χ1) is 62.9. The van der Waals surface area contributed by atoms with Crippen LogP contribution in [0.3, 0.4) is 0 Å². The Hall–Kier alpha value is -15.7. The van der Waals surface area contributed by atoms with Crippen LogP contribution in [0.25, 0.3) is 286 Å². The van der Waals surface area contributed by atoms with Crippen molar-refractivity contribution in [1.29, 1.82) is 0 Å². The molecule has 8 aromatic heterocycles. The maximum absolute atomic E-state index is 2.68. The lowest BCUT2D eigenvalue weighted by atomic mass is 9.79. The Labute approximate surface area is 732 Å². The fourth-order valence-corrected chi connectivity index (χ4v) is 27.6. The van der Waals surface area contributed by atoms with Crippen molar-refractivity contribution in [3.8, 4) is 55.6 Å². The van der Waals surface area contributed by atoms with Gasteiger partial charge in [0, 0.05) is 149 Å². The Morgan fingerprint density at radius 3 is 1.26 bits per heavy atom. The second-order valence-corrected chi connectivity index (χ2v) is 38.5. The molecule has 1 unspecified atom stereocenters. The van der Waals surface area contributed by atoms with Crippen molar-refractivity contribution < 1.29 is 0 Å². The number of aromatic nitrogens is 3. The molecule has 9 heterocycles. The van der Waals surface area contributed by atoms with Gasteiger partial charge in [-0.3, -0.25) is 0 Å². The molecular weight excluding hydrogens is 1570 g/mol. The number of nitrogens with zero attached hydrogens (tertiary/aromatic N) is 4. The van der Waals surface area contributed by atoms with E-state index in [1.165, 1.54) is 309 Å². The maximum Gasteiger partial charge on any atom is 0.0716 e. The average molecular weight is 1640 g/mol. The van der Waals surface area contributed by atoms with Crippen molar-refractivity contribution >= 4 is 264 Å². The fourth-order valence-electron chi connectivity index (χ4n) is 25.3. The molecule has 0 radical (unpaired) electrons. The lowest BCUT2D eigenvalue weighted by Gasteiger charge is -2.39. The second-order valence-electron chi connectivity index (χ2n) is 36.4. The molecule has 4 nitrogen and oxygen atoms in total. The Morgan fingerprint density at radius 1 is 0.236 bits per heavy atom. The van der Waals surface area contributed by atoms with Crippen molar-refractivity contribution in [2.75, 3.05) is 4.90 Å². The molecule has 0 bridgehead atoms. The van der Waals surface area contributed by atoms with Crippen LogP contribution in [0.1, 0.15) is 24.5 Å². The lowest BCUT2D eigenvalue weighted by Crippen LogP contribution is -2.40. The quantitative estimate of drug-likeness (QED) is 0.145. The molecule has 127 heavy (non-hydrogen) atoms. The van der Waals surface area contributed by atoms with Crippen molar-refractivity contribution in [2.45, 2.75) is 18.9 Å². The highest BCUT2D eigenvalue weighted by atomic mass is 32.1. The van der Waals surface area contributed by atoms with Gasteiger partial charge in [-0.25, -0.2) is 0 Å². The average Bonchev–Trinajstić information content (AvgIpc) is 1.53. The molecule has 22 aromatic carbocycles. The van der Waals surface area contributed by atoms with Crippen molar-refractivity contribution in [3.63, 3.8) is 0 Å². The van der Waals surface area contributed by atoms with Crippen LogP contribution < -0.4 is 4.90 Å². The molecule has 1 aliphatic heterocycles. The minimum atomic E-state index is -0.401. The summed E-state index contributed by atoms with van der Waals surface area (Å²) in [5.74, 6) is 0. The number of para-hydroxylation sites is 4. The van der Waals surface area contributed by atoms with Gasteiger partial charge in [-0.15, -0.1) is 22.7 Å². The third kappa shape index (κ3) is 8.15. The van der Waals surface area contributed by atoms with Gasteiger partial charge in [0.1, 0.15) is 0 Å². The highest BCUT2D eigenvalue weighted by molar-refractivity contribution is 7.26. The van der Waals surface area contributed by atoms with Gasteiger partial charge in [0.25, 0.3) is 0 Å². The van der Waals surface area contributed by atoms with Gasteiger partial charge in [-0.2, -0.15) is 0 Å². The van der Waals surface area contributed by atoms with Crippen LogP contribution in [-0.4, -0.2) is 18.7 Å². The van der Waals surface area contributed by atoms with Crippen LogP contribution in [0, 0.1) is 0 Å². The van der Waals surface area contributed by atoms with Gasteiger partial charge in [0.15, 0.2) is 0 Å². The number of hydrogen-bond donors (Lipinski definition) is 0. The van der Waals surface area contributed by atoms with Crippen molar-refractivity contribution in [1.82, 2.24) is 13.2 Å². The molecule has 2 aliphatic rings. The van der Waals surface area contributed by atoms with Gasteiger partial charge in [-0.05, 0) is 214 Å². The number of rotatable bonds is 7. The standard InChI is InChI=1S/C121H66N4S2/c1-121-55-54-68(73-47-48-85-74-26-5-6-27-75(74)86-51-52-89-78-30-11-16-37-99(78)122-114(73)108(85)109(86)117(89)122)60-98(121)90-44-42-67(61-102(90)125(121)70-24-3-2-4-25-70)91-62-95-79-31-12-17-38-100(79)123-115-71(45-49-87-76-28-7-9-35-83(76)106(91)112(110(87)115)118(95)123)64-22-21-23-65(56-64)93-58-69(59-97-82-34-15-20-41-104(82)127-120(93)97)92-63-96-80-32-13-18-39-101(80)124-116-72(66-43-53-105-94(57-66)81-33-14-19-40-103(81)126-105)46-50-88-77-29-8-10-36-84(77)107(92)113(111(88)116)119(96)124/h2-54,56-63H,55H2,1H3. The van der Waals surface area contributed by atoms with Crippen LogP contribution in [0.2, 0.25) is 0 Å². The molecule has 0 fully saturated rings. The molecular formula is C121H66N4S2. The molecule has 582 valence electrons. The summed E-state index contributed by atoms with van der Waals surface area (Å²) < 4.78 is 13.1. The molecule has 1 aliphatic carbocycles. The Kier molecular flexibility index (Phi) is 12.3. The van der Waals surface area contributed by atoms with Crippen LogP contribution in [0.4, 0.5) is 11.4 Å². The molecule has 0 spiro atoms. The molecule has 32 rings (SSSR count). The Morgan fingerprint density at radius 2 is 0.646 bits per heavy atom. The van der Waals surface area contributed by atoms with E-state index >= 15 is 0 Å². The van der Waals surface area contributed by atoms with E-state index in [0.717, 1.165) is 6.42 Å². The van der Waals surface area contributed by atoms with Gasteiger partial charge in [-0.1, -0.05) is 273 Å². The molecule has 30 aromatic rings. The highest BCUT2D eigenvalue weighted by Crippen LogP contribution is 2.61. The summed E-state index contributed by atoms with van der Waals surface area (Å²) in [5, 5.41) is 36.3. The summed E-state index contributed by atoms with van der Waals surface area (Å²) in [6.45, 7) is 2.49. The summed E-state index contributed by atoms with van der Waals surface area (Å²) in [5.41, 5.74) is 30.8. The number of hydrogen-bond acceptors (Lipinski definition) is 3. The zero-order chi connectivity index (χ0) is 82.0. The number of thiophene rings is 2. The van der Waals surface area contributed by atoms with E-state index in [9.17, 15) is 0 Å². The van der Waals surface area contributed by atoms with Crippen molar-refractivity contribution in [2.24, 2.45) is 0 Å². The van der Waals surface area contributed by atoms with E-state index < -0.39 is 5.54 Å². The highest BCUT2D eigenvalue weighted by Gasteiger charge is 2.47. The monoisotopic (exact) mass is 1640 g/mol. The Balaban J connectivity index is 0.595. The molecule has 6 heteroatoms. The van der Waals surface area contributed by atoms with Crippen molar-refractivity contribution in [3.05, 3.63) is 381 Å². The summed E-state index contributed by atoms with van der Waals surface area (Å²) in [6.07, 6.45) is 5.95. The maximum atomic E-state index is 2.68. The summed E-state index contributed by atoms with van der Waals surface area (Å²) in [4.78, 5) is 2.68. The van der Waals surface area contributed by atoms with Gasteiger partial charge < -0.3 is 18.1 Å². The van der Waals surface area contributed by atoms with Crippen LogP contribution in [-0.2, 0) is 0 Å². The predicted octanol–water partition coefficient (Wildman–Crippen LogP) is 34.2. The van der Waals surface area contributed by atoms with E-state index in [4.69, 9.17) is 0 Å². The number of fused-ring (bicyclic) bond motifs is 30. The first-order valence-electron chi connectivity index (χ1n) is 44.4. The molecule has 0 saturated heterocycles. The molecule has 1 atom stereocenters. The zero-order valence-corrected chi connectivity index (χ0v) is 70.2. The first kappa shape index (κ1) is 66.9. The third-order valence-corrected chi connectivity index (χ3v) is 32.8. The zero-order valence-electron chi connectivity index (χ0n) is 68.5. The number of allylic oxidation sites excluding steroid dienone is 2. The Bertz CT molecular complexity index is 10300. The topological polar surface area (TPSA) is 16.5 Å². The fraction of sp³-hybridized carbons (Fsp3) is 0.0248. The SMILES string of the molecule is CC12CC=C(c3ccc4c5ccccc5c5ccc6c7ccccc7n7c3c4c5c67)C=C1c1ccc(-c3cc4c5ccccc5n5c6c(-c7cccc(-c8cc(-c9cc%10c%11ccccc%11n%11c%12c(-c%13ccc%14sc%15ccccc%15c%14c%13)ccc%13c%14ccccc%14c9c(c%13%12)c%10%11)cc9c8sc8ccccc89)c7)ccc7c8ccccc8c3c(c76)c45)cc1N2c1ccccc1. The van der Waals surface area contributed by atoms with Crippen LogP contribution in [0.5, 0.6) is 0 Å². The summed E-state index contributed by atoms with van der Waals surface area (Å²) >= 11 is 3.81. The predicted molar refractivity (Wildman–Crippen MR) is 546 cm³/mol. The normalized spacial score (nSPS) is 14.9. The van der Waals surface area contributed by atoms with Crippen LogP contribution in [0.15, 0.2) is 370 Å². The number of anilines is 2. The molecule has 0 N–H and O–H groups in total. The van der Waals surface area contributed by atoms with Crippen LogP contribution >= 0.6 is 22.7 Å². The van der Waals surface area contributed by atoms with E-state index in [1.807, 2.05) is 22.7 Å². The van der Waals surface area contributed by atoms with E-state index in [0.29, 0.717) is 0 Å². The van der Waals surface area contributed by atoms with Gasteiger partial charge in [0.2, 0.25) is 0 Å².